The second kappa shape index (κ2) is 10.5. The van der Waals surface area contributed by atoms with Crippen molar-refractivity contribution < 1.29 is 23.6 Å². The smallest absolute Gasteiger partial charge is 0.270 e. The Hall–Kier alpha value is -2.75. The molecule has 0 unspecified atom stereocenters. The third-order valence-electron chi connectivity index (χ3n) is 4.80. The predicted molar refractivity (Wildman–Crippen MR) is 118 cm³/mol. The van der Waals surface area contributed by atoms with Crippen LogP contribution in [-0.2, 0) is 9.47 Å². The molecule has 164 valence electrons. The van der Waals surface area contributed by atoms with Crippen molar-refractivity contribution in [2.45, 2.75) is 6.92 Å². The molecule has 2 aromatic heterocycles. The Labute approximate surface area is 188 Å². The van der Waals surface area contributed by atoms with Crippen LogP contribution in [0.2, 0.25) is 0 Å². The molecule has 0 aliphatic rings. The molecule has 8 nitrogen and oxygen atoms in total. The van der Waals surface area contributed by atoms with Crippen molar-refractivity contribution in [3.8, 4) is 11.3 Å². The van der Waals surface area contributed by atoms with Crippen LogP contribution in [0.15, 0.2) is 45.5 Å². The zero-order valence-corrected chi connectivity index (χ0v) is 19.2. The summed E-state index contributed by atoms with van der Waals surface area (Å²) in [5, 5.41) is 4.08. The molecular formula is C22H24BrN3O5. The molecule has 0 radical (unpaired) electrons. The molecule has 3 rings (SSSR count). The number of methoxy groups -OCH3 is 2. The van der Waals surface area contributed by atoms with Gasteiger partial charge in [0.05, 0.1) is 18.8 Å². The van der Waals surface area contributed by atoms with Crippen LogP contribution in [0.4, 0.5) is 0 Å². The number of hydrogen-bond acceptors (Lipinski definition) is 6. The van der Waals surface area contributed by atoms with Crippen molar-refractivity contribution >= 4 is 27.6 Å². The lowest BCUT2D eigenvalue weighted by molar-refractivity contribution is 0.0622. The Morgan fingerprint density at radius 2 is 1.77 bits per heavy atom. The van der Waals surface area contributed by atoms with Gasteiger partial charge in [0.1, 0.15) is 17.1 Å². The number of benzene rings is 1. The van der Waals surface area contributed by atoms with Crippen molar-refractivity contribution in [2.75, 3.05) is 40.5 Å². The number of aryl methyl sites for hydroxylation is 1. The highest BCUT2D eigenvalue weighted by molar-refractivity contribution is 9.10. The average molecular weight is 490 g/mol. The van der Waals surface area contributed by atoms with Crippen LogP contribution in [0.5, 0.6) is 0 Å². The number of amides is 1. The highest BCUT2D eigenvalue weighted by Gasteiger charge is 2.25. The predicted octanol–water partition coefficient (Wildman–Crippen LogP) is 3.71. The first-order valence-corrected chi connectivity index (χ1v) is 10.5. The number of H-pyrrole nitrogens is 1. The monoisotopic (exact) mass is 489 g/mol. The van der Waals surface area contributed by atoms with E-state index in [9.17, 15) is 9.59 Å². The molecule has 9 heteroatoms. The number of halogens is 1. The molecule has 0 saturated heterocycles. The standard InChI is InChI=1S/C22H24BrN3O5/c1-14-19(20(25-31-14)15-4-6-17(23)7-5-15)21(27)16-12-18(24-13-16)22(28)26(8-10-29-2)9-11-30-3/h4-7,12-13,24H,8-11H2,1-3H3. The van der Waals surface area contributed by atoms with Gasteiger partial charge in [0.2, 0.25) is 0 Å². The number of carbonyl (C=O) groups excluding carboxylic acids is 2. The summed E-state index contributed by atoms with van der Waals surface area (Å²) in [6.07, 6.45) is 1.53. The summed E-state index contributed by atoms with van der Waals surface area (Å²) in [5.74, 6) is -0.0885. The third kappa shape index (κ3) is 5.30. The van der Waals surface area contributed by atoms with E-state index in [1.165, 1.54) is 6.20 Å². The lowest BCUT2D eigenvalue weighted by Gasteiger charge is -2.21. The lowest BCUT2D eigenvalue weighted by Crippen LogP contribution is -2.36. The molecule has 0 bridgehead atoms. The summed E-state index contributed by atoms with van der Waals surface area (Å²) in [4.78, 5) is 30.7. The van der Waals surface area contributed by atoms with Gasteiger partial charge in [0, 0.05) is 49.1 Å². The second-order valence-corrected chi connectivity index (χ2v) is 7.79. The molecule has 1 amide bonds. The van der Waals surface area contributed by atoms with Gasteiger partial charge in [-0.2, -0.15) is 0 Å². The van der Waals surface area contributed by atoms with Gasteiger partial charge in [-0.05, 0) is 25.1 Å². The first kappa shape index (κ1) is 22.9. The Bertz CT molecular complexity index is 1030. The molecule has 1 N–H and O–H groups in total. The first-order valence-electron chi connectivity index (χ1n) is 9.68. The number of hydrogen-bond donors (Lipinski definition) is 1. The summed E-state index contributed by atoms with van der Waals surface area (Å²) < 4.78 is 16.4. The molecule has 2 heterocycles. The van der Waals surface area contributed by atoms with Crippen molar-refractivity contribution in [3.63, 3.8) is 0 Å². The van der Waals surface area contributed by atoms with Gasteiger partial charge >= 0.3 is 0 Å². The van der Waals surface area contributed by atoms with Crippen LogP contribution in [0, 0.1) is 6.92 Å². The molecular weight excluding hydrogens is 466 g/mol. The van der Waals surface area contributed by atoms with E-state index in [1.54, 1.807) is 32.1 Å². The van der Waals surface area contributed by atoms with Crippen LogP contribution in [0.1, 0.15) is 32.2 Å². The molecule has 31 heavy (non-hydrogen) atoms. The van der Waals surface area contributed by atoms with Crippen molar-refractivity contribution in [1.82, 2.24) is 15.0 Å². The van der Waals surface area contributed by atoms with Gasteiger partial charge < -0.3 is 23.9 Å². The van der Waals surface area contributed by atoms with E-state index in [-0.39, 0.29) is 11.7 Å². The SMILES string of the molecule is COCCN(CCOC)C(=O)c1cc(C(=O)c2c(-c3ccc(Br)cc3)noc2C)c[nH]1. The fraction of sp³-hybridized carbons (Fsp3) is 0.318. The normalized spacial score (nSPS) is 11.0. The Balaban J connectivity index is 1.86. The van der Waals surface area contributed by atoms with Crippen molar-refractivity contribution in [3.05, 3.63) is 63.6 Å². The van der Waals surface area contributed by atoms with E-state index in [0.29, 0.717) is 54.6 Å². The van der Waals surface area contributed by atoms with Gasteiger partial charge in [-0.1, -0.05) is 33.2 Å². The first-order chi connectivity index (χ1) is 15.0. The molecule has 1 aromatic carbocycles. The second-order valence-electron chi connectivity index (χ2n) is 6.88. The van der Waals surface area contributed by atoms with Gasteiger partial charge in [0.15, 0.2) is 5.78 Å². The van der Waals surface area contributed by atoms with Crippen LogP contribution in [0.3, 0.4) is 0 Å². The van der Waals surface area contributed by atoms with Gasteiger partial charge in [0.25, 0.3) is 5.91 Å². The number of aromatic nitrogens is 2. The Morgan fingerprint density at radius 3 is 2.39 bits per heavy atom. The minimum absolute atomic E-state index is 0.233. The fourth-order valence-corrected chi connectivity index (χ4v) is 3.39. The van der Waals surface area contributed by atoms with E-state index in [2.05, 4.69) is 26.1 Å². The molecule has 0 aliphatic carbocycles. The van der Waals surface area contributed by atoms with Crippen molar-refractivity contribution in [1.29, 1.82) is 0 Å². The van der Waals surface area contributed by atoms with Crippen LogP contribution >= 0.6 is 15.9 Å². The van der Waals surface area contributed by atoms with Crippen LogP contribution < -0.4 is 0 Å². The van der Waals surface area contributed by atoms with Crippen molar-refractivity contribution in [2.24, 2.45) is 0 Å². The maximum Gasteiger partial charge on any atom is 0.270 e. The number of aromatic amines is 1. The molecule has 0 fully saturated rings. The van der Waals surface area contributed by atoms with Gasteiger partial charge in [-0.15, -0.1) is 0 Å². The van der Waals surface area contributed by atoms with Gasteiger partial charge in [-0.3, -0.25) is 9.59 Å². The van der Waals surface area contributed by atoms with E-state index < -0.39 is 0 Å². The molecule has 3 aromatic rings. The molecule has 0 saturated carbocycles. The number of ketones is 1. The summed E-state index contributed by atoms with van der Waals surface area (Å²) in [6, 6.07) is 9.00. The topological polar surface area (TPSA) is 97.7 Å². The largest absolute Gasteiger partial charge is 0.383 e. The van der Waals surface area contributed by atoms with E-state index >= 15 is 0 Å². The average Bonchev–Trinajstić information content (AvgIpc) is 3.41. The maximum atomic E-state index is 13.2. The third-order valence-corrected chi connectivity index (χ3v) is 5.33. The minimum Gasteiger partial charge on any atom is -0.383 e. The Kier molecular flexibility index (Phi) is 7.78. The maximum absolute atomic E-state index is 13.2. The zero-order chi connectivity index (χ0) is 22.4. The molecule has 0 spiro atoms. The minimum atomic E-state index is -0.271. The fourth-order valence-electron chi connectivity index (χ4n) is 3.13. The number of nitrogens with zero attached hydrogens (tertiary/aromatic N) is 2. The van der Waals surface area contributed by atoms with Crippen LogP contribution in [-0.4, -0.2) is 67.3 Å². The summed E-state index contributed by atoms with van der Waals surface area (Å²) in [6.45, 7) is 3.33. The summed E-state index contributed by atoms with van der Waals surface area (Å²) >= 11 is 3.40. The number of rotatable bonds is 10. The van der Waals surface area contributed by atoms with Crippen LogP contribution in [0.25, 0.3) is 11.3 Å². The van der Waals surface area contributed by atoms with E-state index in [1.807, 2.05) is 24.3 Å². The Morgan fingerprint density at radius 1 is 1.13 bits per heavy atom. The van der Waals surface area contributed by atoms with E-state index in [0.717, 1.165) is 10.0 Å². The van der Waals surface area contributed by atoms with Gasteiger partial charge in [-0.25, -0.2) is 0 Å². The zero-order valence-electron chi connectivity index (χ0n) is 17.6. The number of nitrogens with one attached hydrogen (secondary N) is 1. The molecule has 0 atom stereocenters. The summed E-state index contributed by atoms with van der Waals surface area (Å²) in [7, 11) is 3.16. The summed E-state index contributed by atoms with van der Waals surface area (Å²) in [5.41, 5.74) is 2.27. The molecule has 0 aliphatic heterocycles. The van der Waals surface area contributed by atoms with E-state index in [4.69, 9.17) is 14.0 Å². The quantitative estimate of drug-likeness (QED) is 0.436. The highest BCUT2D eigenvalue weighted by atomic mass is 79.9. The highest BCUT2D eigenvalue weighted by Crippen LogP contribution is 2.28. The number of ether oxygens (including phenoxy) is 2. The lowest BCUT2D eigenvalue weighted by atomic mass is 9.99. The number of carbonyl (C=O) groups is 2.